The van der Waals surface area contributed by atoms with Crippen LogP contribution in [0.25, 0.3) is 0 Å². The van der Waals surface area contributed by atoms with E-state index < -0.39 is 0 Å². The molecule has 0 amide bonds. The van der Waals surface area contributed by atoms with Gasteiger partial charge in [-0.15, -0.1) is 0 Å². The van der Waals surface area contributed by atoms with Gasteiger partial charge in [0.25, 0.3) is 0 Å². The van der Waals surface area contributed by atoms with Crippen molar-refractivity contribution in [2.75, 3.05) is 18.6 Å². The van der Waals surface area contributed by atoms with Crippen molar-refractivity contribution in [3.05, 3.63) is 23.8 Å². The first-order chi connectivity index (χ1) is 9.70. The molecule has 3 rings (SSSR count). The van der Waals surface area contributed by atoms with Gasteiger partial charge in [-0.05, 0) is 49.5 Å². The van der Waals surface area contributed by atoms with Crippen molar-refractivity contribution >= 4 is 11.8 Å². The molecule has 1 saturated heterocycles. The van der Waals surface area contributed by atoms with Crippen molar-refractivity contribution in [1.29, 1.82) is 0 Å². The van der Waals surface area contributed by atoms with Gasteiger partial charge in [0.15, 0.2) is 11.5 Å². The monoisotopic (exact) mass is 293 g/mol. The summed E-state index contributed by atoms with van der Waals surface area (Å²) < 4.78 is 11.8. The van der Waals surface area contributed by atoms with Crippen LogP contribution in [0.1, 0.15) is 31.2 Å². The smallest absolute Gasteiger partial charge is 0.163 e. The molecule has 0 bridgehead atoms. The van der Waals surface area contributed by atoms with Crippen molar-refractivity contribution in [2.45, 2.75) is 43.7 Å². The average molecular weight is 293 g/mol. The quantitative estimate of drug-likeness (QED) is 0.906. The van der Waals surface area contributed by atoms with Crippen LogP contribution in [0.3, 0.4) is 0 Å². The Morgan fingerprint density at radius 1 is 1.40 bits per heavy atom. The van der Waals surface area contributed by atoms with E-state index in [0.717, 1.165) is 42.9 Å². The number of para-hydroxylation sites is 1. The summed E-state index contributed by atoms with van der Waals surface area (Å²) in [5.74, 6) is 4.09. The SMILES string of the molecule is COc1c(CC2(N)CC2)cccc1OC1CCCSC1. The normalized spacial score (nSPS) is 24.2. The fourth-order valence-corrected chi connectivity index (χ4v) is 3.76. The van der Waals surface area contributed by atoms with E-state index in [1.165, 1.54) is 17.7 Å². The summed E-state index contributed by atoms with van der Waals surface area (Å²) in [4.78, 5) is 0. The van der Waals surface area contributed by atoms with Gasteiger partial charge in [-0.3, -0.25) is 0 Å². The third-order valence-corrected chi connectivity index (χ3v) is 5.30. The zero-order valence-corrected chi connectivity index (χ0v) is 12.9. The zero-order valence-electron chi connectivity index (χ0n) is 12.1. The zero-order chi connectivity index (χ0) is 14.0. The molecule has 1 atom stereocenters. The first-order valence-electron chi connectivity index (χ1n) is 7.39. The van der Waals surface area contributed by atoms with Crippen LogP contribution in [-0.4, -0.2) is 30.3 Å². The Morgan fingerprint density at radius 2 is 2.25 bits per heavy atom. The predicted octanol–water partition coefficient (Wildman–Crippen LogP) is 3.00. The van der Waals surface area contributed by atoms with Crippen LogP contribution < -0.4 is 15.2 Å². The van der Waals surface area contributed by atoms with Gasteiger partial charge in [-0.25, -0.2) is 0 Å². The number of ether oxygens (including phenoxy) is 2. The van der Waals surface area contributed by atoms with Crippen LogP contribution in [-0.2, 0) is 6.42 Å². The Kier molecular flexibility index (Phi) is 4.13. The summed E-state index contributed by atoms with van der Waals surface area (Å²) >= 11 is 1.97. The van der Waals surface area contributed by atoms with Gasteiger partial charge < -0.3 is 15.2 Å². The van der Waals surface area contributed by atoms with E-state index in [-0.39, 0.29) is 5.54 Å². The lowest BCUT2D eigenvalue weighted by Gasteiger charge is -2.24. The van der Waals surface area contributed by atoms with Crippen molar-refractivity contribution < 1.29 is 9.47 Å². The van der Waals surface area contributed by atoms with E-state index in [9.17, 15) is 0 Å². The van der Waals surface area contributed by atoms with Gasteiger partial charge in [0, 0.05) is 11.3 Å². The minimum Gasteiger partial charge on any atom is -0.493 e. The summed E-state index contributed by atoms with van der Waals surface area (Å²) in [6.45, 7) is 0. The van der Waals surface area contributed by atoms with E-state index >= 15 is 0 Å². The second-order valence-electron chi connectivity index (χ2n) is 5.94. The molecular formula is C16H23NO2S. The molecule has 2 aliphatic rings. The van der Waals surface area contributed by atoms with Crippen LogP contribution in [0.2, 0.25) is 0 Å². The van der Waals surface area contributed by atoms with Crippen molar-refractivity contribution in [3.63, 3.8) is 0 Å². The predicted molar refractivity (Wildman–Crippen MR) is 83.8 cm³/mol. The first-order valence-corrected chi connectivity index (χ1v) is 8.55. The average Bonchev–Trinajstić information content (AvgIpc) is 3.18. The highest BCUT2D eigenvalue weighted by Crippen LogP contribution is 2.41. The molecule has 110 valence electrons. The van der Waals surface area contributed by atoms with Gasteiger partial charge >= 0.3 is 0 Å². The molecule has 1 aromatic rings. The molecule has 2 N–H and O–H groups in total. The van der Waals surface area contributed by atoms with Gasteiger partial charge in [0.1, 0.15) is 6.10 Å². The van der Waals surface area contributed by atoms with Crippen LogP contribution in [0, 0.1) is 0 Å². The lowest BCUT2D eigenvalue weighted by molar-refractivity contribution is 0.202. The second-order valence-corrected chi connectivity index (χ2v) is 7.09. The molecule has 4 heteroatoms. The number of methoxy groups -OCH3 is 1. The highest BCUT2D eigenvalue weighted by Gasteiger charge is 2.39. The number of thioether (sulfide) groups is 1. The first kappa shape index (κ1) is 14.1. The molecule has 1 aliphatic carbocycles. The van der Waals surface area contributed by atoms with E-state index in [1.54, 1.807) is 7.11 Å². The lowest BCUT2D eigenvalue weighted by atomic mass is 10.0. The third kappa shape index (κ3) is 3.23. The Balaban J connectivity index is 1.76. The van der Waals surface area contributed by atoms with E-state index in [1.807, 2.05) is 17.8 Å². The van der Waals surface area contributed by atoms with Crippen LogP contribution in [0.4, 0.5) is 0 Å². The molecule has 3 nitrogen and oxygen atoms in total. The van der Waals surface area contributed by atoms with Crippen LogP contribution in [0.15, 0.2) is 18.2 Å². The Bertz CT molecular complexity index is 468. The second kappa shape index (κ2) is 5.86. The lowest BCUT2D eigenvalue weighted by Crippen LogP contribution is -2.25. The largest absolute Gasteiger partial charge is 0.493 e. The number of rotatable bonds is 5. The Hall–Kier alpha value is -0.870. The van der Waals surface area contributed by atoms with Crippen molar-refractivity contribution in [1.82, 2.24) is 0 Å². The topological polar surface area (TPSA) is 44.5 Å². The molecule has 0 aromatic heterocycles. The van der Waals surface area contributed by atoms with Gasteiger partial charge in [-0.2, -0.15) is 11.8 Å². The Morgan fingerprint density at radius 3 is 2.90 bits per heavy atom. The molecular weight excluding hydrogens is 270 g/mol. The molecule has 1 unspecified atom stereocenters. The fourth-order valence-electron chi connectivity index (χ4n) is 2.73. The molecule has 2 fully saturated rings. The summed E-state index contributed by atoms with van der Waals surface area (Å²) in [6.07, 6.45) is 5.80. The van der Waals surface area contributed by atoms with Crippen molar-refractivity contribution in [3.8, 4) is 11.5 Å². The minimum atomic E-state index is -0.00735. The minimum absolute atomic E-state index is 0.00735. The number of hydrogen-bond donors (Lipinski definition) is 1. The summed E-state index contributed by atoms with van der Waals surface area (Å²) in [5.41, 5.74) is 7.40. The van der Waals surface area contributed by atoms with Crippen LogP contribution in [0.5, 0.6) is 11.5 Å². The maximum atomic E-state index is 6.24. The van der Waals surface area contributed by atoms with Crippen LogP contribution >= 0.6 is 11.8 Å². The Labute approximate surface area is 125 Å². The molecule has 1 heterocycles. The maximum Gasteiger partial charge on any atom is 0.163 e. The summed E-state index contributed by atoms with van der Waals surface area (Å²) in [6, 6.07) is 6.17. The number of nitrogens with two attached hydrogens (primary N) is 1. The highest BCUT2D eigenvalue weighted by atomic mass is 32.2. The molecule has 1 saturated carbocycles. The maximum absolute atomic E-state index is 6.24. The van der Waals surface area contributed by atoms with E-state index in [2.05, 4.69) is 12.1 Å². The molecule has 20 heavy (non-hydrogen) atoms. The fraction of sp³-hybridized carbons (Fsp3) is 0.625. The molecule has 1 aromatic carbocycles. The van der Waals surface area contributed by atoms with E-state index in [0.29, 0.717) is 6.10 Å². The van der Waals surface area contributed by atoms with Crippen molar-refractivity contribution in [2.24, 2.45) is 5.73 Å². The standard InChI is InChI=1S/C16H23NO2S/c1-18-15-12(10-16(17)7-8-16)4-2-6-14(15)19-13-5-3-9-20-11-13/h2,4,6,13H,3,5,7-11,17H2,1H3. The highest BCUT2D eigenvalue weighted by molar-refractivity contribution is 7.99. The number of hydrogen-bond acceptors (Lipinski definition) is 4. The van der Waals surface area contributed by atoms with Gasteiger partial charge in [-0.1, -0.05) is 12.1 Å². The number of benzene rings is 1. The molecule has 1 aliphatic heterocycles. The van der Waals surface area contributed by atoms with Gasteiger partial charge in [0.05, 0.1) is 7.11 Å². The molecule has 0 spiro atoms. The van der Waals surface area contributed by atoms with Gasteiger partial charge in [0.2, 0.25) is 0 Å². The third-order valence-electron chi connectivity index (χ3n) is 4.11. The summed E-state index contributed by atoms with van der Waals surface area (Å²) in [7, 11) is 1.72. The summed E-state index contributed by atoms with van der Waals surface area (Å²) in [5, 5.41) is 0. The van der Waals surface area contributed by atoms with E-state index in [4.69, 9.17) is 15.2 Å². The molecule has 0 radical (unpaired) electrons.